The normalized spacial score (nSPS) is 11.2. The lowest BCUT2D eigenvalue weighted by Crippen LogP contribution is -2.13. The highest BCUT2D eigenvalue weighted by molar-refractivity contribution is 7.00. The fourth-order valence-corrected chi connectivity index (χ4v) is 2.48. The highest BCUT2D eigenvalue weighted by atomic mass is 31.0. The predicted octanol–water partition coefficient (Wildman–Crippen LogP) is 5.78. The quantitative estimate of drug-likeness (QED) is 0.292. The summed E-state index contributed by atoms with van der Waals surface area (Å²) in [6, 6.07) is 10.7. The van der Waals surface area contributed by atoms with Crippen LogP contribution in [0.2, 0.25) is 0 Å². The van der Waals surface area contributed by atoms with Gasteiger partial charge in [-0.05, 0) is 38.2 Å². The lowest BCUT2D eigenvalue weighted by Gasteiger charge is -2.12. The molecule has 1 aromatic carbocycles. The molecule has 0 amide bonds. The Kier molecular flexibility index (Phi) is 14.9. The molecule has 0 aliphatic heterocycles. The van der Waals surface area contributed by atoms with E-state index in [0.29, 0.717) is 6.42 Å². The van der Waals surface area contributed by atoms with Crippen LogP contribution in [-0.4, -0.2) is 12.1 Å². The molecule has 0 spiro atoms. The highest BCUT2D eigenvalue weighted by Crippen LogP contribution is 2.12. The van der Waals surface area contributed by atoms with Crippen molar-refractivity contribution >= 4 is 15.1 Å². The Bertz CT molecular complexity index is 395. The van der Waals surface area contributed by atoms with Gasteiger partial charge >= 0.3 is 5.97 Å². The summed E-state index contributed by atoms with van der Waals surface area (Å²) in [4.78, 5) is 11.1. The lowest BCUT2D eigenvalue weighted by atomic mass is 10.0. The van der Waals surface area contributed by atoms with Crippen molar-refractivity contribution in [3.8, 4) is 0 Å². The van der Waals surface area contributed by atoms with Crippen LogP contribution in [-0.2, 0) is 20.5 Å². The molecule has 0 radical (unpaired) electrons. The number of aryl methyl sites for hydroxylation is 1. The van der Waals surface area contributed by atoms with E-state index in [1.807, 2.05) is 13.8 Å². The van der Waals surface area contributed by atoms with Gasteiger partial charge in [-0.3, -0.25) is 9.36 Å². The number of hydrogen-bond donors (Lipinski definition) is 0. The highest BCUT2D eigenvalue weighted by Gasteiger charge is 2.06. The summed E-state index contributed by atoms with van der Waals surface area (Å²) >= 11 is 0. The number of ether oxygens (including phenoxy) is 1. The SMILES string of the molecule is CCC(=O)OC(C)CCCCCCCCc1ccccc1.O=P. The van der Waals surface area contributed by atoms with Gasteiger partial charge in [0.15, 0.2) is 0 Å². The van der Waals surface area contributed by atoms with E-state index in [9.17, 15) is 4.79 Å². The summed E-state index contributed by atoms with van der Waals surface area (Å²) in [5.41, 5.74) is 1.45. The third-order valence-corrected chi connectivity index (χ3v) is 3.79. The van der Waals surface area contributed by atoms with E-state index >= 15 is 0 Å². The van der Waals surface area contributed by atoms with Gasteiger partial charge in [0, 0.05) is 6.42 Å². The number of carbonyl (C=O) groups is 1. The van der Waals surface area contributed by atoms with Crippen molar-refractivity contribution in [3.63, 3.8) is 0 Å². The van der Waals surface area contributed by atoms with Gasteiger partial charge in [-0.25, -0.2) is 0 Å². The second-order valence-corrected chi connectivity index (χ2v) is 5.80. The average molecular weight is 338 g/mol. The summed E-state index contributed by atoms with van der Waals surface area (Å²) in [6.45, 7) is 3.83. The van der Waals surface area contributed by atoms with Crippen LogP contribution in [0.1, 0.15) is 70.8 Å². The van der Waals surface area contributed by atoms with Crippen molar-refractivity contribution in [1.29, 1.82) is 0 Å². The summed E-state index contributed by atoms with van der Waals surface area (Å²) in [5.74, 6) is -0.0802. The molecule has 4 heteroatoms. The van der Waals surface area contributed by atoms with Gasteiger partial charge in [0.1, 0.15) is 9.12 Å². The van der Waals surface area contributed by atoms with Crippen LogP contribution in [0.3, 0.4) is 0 Å². The van der Waals surface area contributed by atoms with Crippen molar-refractivity contribution in [3.05, 3.63) is 35.9 Å². The Balaban J connectivity index is 0.00000232. The smallest absolute Gasteiger partial charge is 0.305 e. The summed E-state index contributed by atoms with van der Waals surface area (Å²) < 4.78 is 13.3. The first kappa shape index (κ1) is 21.8. The van der Waals surface area contributed by atoms with Crippen molar-refractivity contribution in [2.75, 3.05) is 0 Å². The summed E-state index contributed by atoms with van der Waals surface area (Å²) in [6.07, 6.45) is 10.4. The zero-order chi connectivity index (χ0) is 17.3. The molecule has 0 aliphatic carbocycles. The van der Waals surface area contributed by atoms with E-state index in [-0.39, 0.29) is 12.1 Å². The first-order chi connectivity index (χ1) is 11.2. The van der Waals surface area contributed by atoms with Crippen molar-refractivity contribution in [2.45, 2.75) is 77.7 Å². The second kappa shape index (κ2) is 15.7. The first-order valence-electron chi connectivity index (χ1n) is 8.66. The van der Waals surface area contributed by atoms with Crippen molar-refractivity contribution in [2.24, 2.45) is 0 Å². The van der Waals surface area contributed by atoms with Gasteiger partial charge < -0.3 is 4.74 Å². The fraction of sp³-hybridized carbons (Fsp3) is 0.632. The molecule has 0 fully saturated rings. The summed E-state index contributed by atoms with van der Waals surface area (Å²) in [5, 5.41) is 0. The van der Waals surface area contributed by atoms with Crippen LogP contribution in [0.25, 0.3) is 0 Å². The molecule has 0 heterocycles. The molecule has 23 heavy (non-hydrogen) atoms. The molecule has 0 bridgehead atoms. The maximum absolute atomic E-state index is 11.1. The monoisotopic (exact) mass is 338 g/mol. The molecule has 0 aromatic heterocycles. The van der Waals surface area contributed by atoms with E-state index in [1.165, 1.54) is 44.1 Å². The Morgan fingerprint density at radius 3 is 2.17 bits per heavy atom. The van der Waals surface area contributed by atoms with Gasteiger partial charge in [-0.2, -0.15) is 0 Å². The number of esters is 1. The Morgan fingerprint density at radius 1 is 1.00 bits per heavy atom. The number of rotatable bonds is 11. The number of hydrogen-bond acceptors (Lipinski definition) is 3. The third kappa shape index (κ3) is 13.0. The maximum atomic E-state index is 11.1. The number of carbonyl (C=O) groups excluding carboxylic acids is 1. The number of benzene rings is 1. The van der Waals surface area contributed by atoms with E-state index in [2.05, 4.69) is 30.3 Å². The van der Waals surface area contributed by atoms with Gasteiger partial charge in [-0.1, -0.05) is 62.9 Å². The first-order valence-corrected chi connectivity index (χ1v) is 9.07. The molecule has 3 nitrogen and oxygen atoms in total. The molecule has 1 rings (SSSR count). The molecular weight excluding hydrogens is 307 g/mol. The average Bonchev–Trinajstić information content (AvgIpc) is 2.59. The topological polar surface area (TPSA) is 43.4 Å². The molecule has 1 unspecified atom stereocenters. The Hall–Kier alpha value is -1.21. The third-order valence-electron chi connectivity index (χ3n) is 3.79. The van der Waals surface area contributed by atoms with Crippen LogP contribution in [0.4, 0.5) is 0 Å². The Labute approximate surface area is 143 Å². The van der Waals surface area contributed by atoms with Gasteiger partial charge in [-0.15, -0.1) is 0 Å². The van der Waals surface area contributed by atoms with Gasteiger partial charge in [0.25, 0.3) is 0 Å². The van der Waals surface area contributed by atoms with Gasteiger partial charge in [0.2, 0.25) is 0 Å². The molecule has 0 saturated carbocycles. The Morgan fingerprint density at radius 2 is 1.57 bits per heavy atom. The molecule has 0 saturated heterocycles. The molecule has 0 N–H and O–H groups in total. The van der Waals surface area contributed by atoms with Gasteiger partial charge in [0.05, 0.1) is 6.10 Å². The minimum atomic E-state index is -0.0802. The molecule has 130 valence electrons. The zero-order valence-corrected chi connectivity index (χ0v) is 15.6. The van der Waals surface area contributed by atoms with E-state index in [0.717, 1.165) is 12.8 Å². The molecule has 1 aromatic rings. The van der Waals surface area contributed by atoms with Crippen LogP contribution >= 0.6 is 9.12 Å². The van der Waals surface area contributed by atoms with Crippen molar-refractivity contribution < 1.29 is 14.1 Å². The molecule has 0 aliphatic rings. The minimum Gasteiger partial charge on any atom is -0.463 e. The summed E-state index contributed by atoms with van der Waals surface area (Å²) in [7, 11) is 1.72. The second-order valence-electron chi connectivity index (χ2n) is 5.80. The van der Waals surface area contributed by atoms with Crippen LogP contribution in [0.15, 0.2) is 30.3 Å². The van der Waals surface area contributed by atoms with E-state index < -0.39 is 0 Å². The largest absolute Gasteiger partial charge is 0.463 e. The van der Waals surface area contributed by atoms with Crippen molar-refractivity contribution in [1.82, 2.24) is 0 Å². The minimum absolute atomic E-state index is 0.0792. The van der Waals surface area contributed by atoms with E-state index in [1.54, 1.807) is 9.12 Å². The van der Waals surface area contributed by atoms with E-state index in [4.69, 9.17) is 9.30 Å². The lowest BCUT2D eigenvalue weighted by molar-refractivity contribution is -0.148. The number of unbranched alkanes of at least 4 members (excludes halogenated alkanes) is 5. The zero-order valence-electron chi connectivity index (χ0n) is 14.6. The fourth-order valence-electron chi connectivity index (χ4n) is 2.48. The van der Waals surface area contributed by atoms with Crippen LogP contribution < -0.4 is 0 Å². The molecule has 1 atom stereocenters. The van der Waals surface area contributed by atoms with Crippen LogP contribution in [0, 0.1) is 0 Å². The molecular formula is C19H31O3P. The maximum Gasteiger partial charge on any atom is 0.305 e. The predicted molar refractivity (Wildman–Crippen MR) is 97.3 cm³/mol. The van der Waals surface area contributed by atoms with Crippen LogP contribution in [0.5, 0.6) is 0 Å². The standard InChI is InChI=1S/C19H30O2.HOP/c1-3-19(20)21-17(2)13-9-6-4-5-7-10-14-18-15-11-8-12-16-18;1-2/h8,11-12,15-17H,3-7,9-10,13-14H2,1-2H3;2H.